The molecule has 0 aliphatic carbocycles. The molecule has 1 aromatic heterocycles. The number of halogens is 1. The van der Waals surface area contributed by atoms with Crippen molar-refractivity contribution in [1.29, 1.82) is 0 Å². The first-order chi connectivity index (χ1) is 14.1. The molecular formula is C21H17ClN4O3. The van der Waals surface area contributed by atoms with Gasteiger partial charge in [-0.15, -0.1) is 0 Å². The van der Waals surface area contributed by atoms with Gasteiger partial charge in [0.15, 0.2) is 11.5 Å². The molecule has 146 valence electrons. The molecule has 8 heteroatoms. The van der Waals surface area contributed by atoms with Crippen LogP contribution in [0.2, 0.25) is 5.02 Å². The second-order valence-corrected chi connectivity index (χ2v) is 6.79. The number of H-pyrrole nitrogens is 1. The minimum Gasteiger partial charge on any atom is -0.449 e. The Balaban J connectivity index is 1.46. The van der Waals surface area contributed by atoms with Gasteiger partial charge in [0.25, 0.3) is 11.8 Å². The molecule has 0 saturated heterocycles. The Bertz CT molecular complexity index is 1090. The van der Waals surface area contributed by atoms with Gasteiger partial charge < -0.3 is 20.4 Å². The van der Waals surface area contributed by atoms with E-state index >= 15 is 0 Å². The summed E-state index contributed by atoms with van der Waals surface area (Å²) >= 11 is 6.14. The number of nitrogens with zero attached hydrogens (tertiary/aromatic N) is 1. The first kappa shape index (κ1) is 18.8. The fourth-order valence-electron chi connectivity index (χ4n) is 2.87. The third kappa shape index (κ3) is 4.30. The number of hydrogen-bond acceptors (Lipinski definition) is 4. The summed E-state index contributed by atoms with van der Waals surface area (Å²) in [7, 11) is 0. The average molecular weight is 409 g/mol. The highest BCUT2D eigenvalue weighted by Crippen LogP contribution is 2.33. The lowest BCUT2D eigenvalue weighted by Gasteiger charge is -2.20. The van der Waals surface area contributed by atoms with Gasteiger partial charge in [-0.3, -0.25) is 9.59 Å². The Labute approximate surface area is 171 Å². The molecule has 4 rings (SSSR count). The van der Waals surface area contributed by atoms with Crippen molar-refractivity contribution < 1.29 is 14.3 Å². The van der Waals surface area contributed by atoms with E-state index in [0.717, 1.165) is 5.69 Å². The van der Waals surface area contributed by atoms with E-state index in [2.05, 4.69) is 20.6 Å². The Kier molecular flexibility index (Phi) is 5.31. The van der Waals surface area contributed by atoms with Gasteiger partial charge in [-0.1, -0.05) is 29.8 Å². The molecule has 0 unspecified atom stereocenters. The standard InChI is InChI=1S/C21H17ClN4O3/c22-16-4-2-1-3-13(16)10-19-21(28)26-17-9-14(5-6-18(17)29-19)20(27)24-8-7-15-11-23-12-25-15/h1-6,9-12H,7-8H2,(H,23,25)(H,24,27)(H,26,28)/b19-10+. The maximum atomic E-state index is 12.4. The van der Waals surface area contributed by atoms with Crippen molar-refractivity contribution in [1.82, 2.24) is 15.3 Å². The van der Waals surface area contributed by atoms with E-state index in [-0.39, 0.29) is 11.7 Å². The van der Waals surface area contributed by atoms with Crippen molar-refractivity contribution in [2.24, 2.45) is 0 Å². The molecule has 0 spiro atoms. The maximum Gasteiger partial charge on any atom is 0.291 e. The van der Waals surface area contributed by atoms with Crippen LogP contribution in [-0.2, 0) is 11.2 Å². The molecule has 3 aromatic rings. The predicted molar refractivity (Wildman–Crippen MR) is 110 cm³/mol. The minimum absolute atomic E-state index is 0.127. The van der Waals surface area contributed by atoms with Gasteiger partial charge in [0.2, 0.25) is 0 Å². The second kappa shape index (κ2) is 8.20. The average Bonchev–Trinajstić information content (AvgIpc) is 3.23. The SMILES string of the molecule is O=C1Nc2cc(C(=O)NCCc3cnc[nH]3)ccc2O/C1=C/c1ccccc1Cl. The molecule has 0 radical (unpaired) electrons. The van der Waals surface area contributed by atoms with Crippen molar-refractivity contribution in [3.63, 3.8) is 0 Å². The maximum absolute atomic E-state index is 12.4. The van der Waals surface area contributed by atoms with Crippen LogP contribution in [0, 0.1) is 0 Å². The number of fused-ring (bicyclic) bond motifs is 1. The van der Waals surface area contributed by atoms with Gasteiger partial charge in [0.1, 0.15) is 0 Å². The van der Waals surface area contributed by atoms with E-state index in [4.69, 9.17) is 16.3 Å². The first-order valence-electron chi connectivity index (χ1n) is 8.95. The smallest absolute Gasteiger partial charge is 0.291 e. The molecule has 29 heavy (non-hydrogen) atoms. The van der Waals surface area contributed by atoms with Gasteiger partial charge in [0.05, 0.1) is 12.0 Å². The first-order valence-corrected chi connectivity index (χ1v) is 9.33. The van der Waals surface area contributed by atoms with E-state index in [9.17, 15) is 9.59 Å². The molecule has 2 heterocycles. The molecule has 0 bridgehead atoms. The molecule has 0 atom stereocenters. The van der Waals surface area contributed by atoms with Crippen LogP contribution in [0.4, 0.5) is 5.69 Å². The van der Waals surface area contributed by atoms with Crippen molar-refractivity contribution in [3.05, 3.63) is 82.6 Å². The van der Waals surface area contributed by atoms with Crippen molar-refractivity contribution >= 4 is 35.2 Å². The summed E-state index contributed by atoms with van der Waals surface area (Å²) in [5.41, 5.74) is 2.48. The van der Waals surface area contributed by atoms with Crippen LogP contribution >= 0.6 is 11.6 Å². The normalized spacial score (nSPS) is 14.1. The number of ether oxygens (including phenoxy) is 1. The Hall–Kier alpha value is -3.58. The fraction of sp³-hybridized carbons (Fsp3) is 0.0952. The van der Waals surface area contributed by atoms with Crippen LogP contribution in [0.1, 0.15) is 21.6 Å². The lowest BCUT2D eigenvalue weighted by atomic mass is 10.1. The van der Waals surface area contributed by atoms with Gasteiger partial charge in [-0.05, 0) is 35.9 Å². The zero-order chi connectivity index (χ0) is 20.2. The Morgan fingerprint density at radius 2 is 2.10 bits per heavy atom. The summed E-state index contributed by atoms with van der Waals surface area (Å²) in [5.74, 6) is -0.0625. The number of hydrogen-bond donors (Lipinski definition) is 3. The molecule has 1 aliphatic heterocycles. The van der Waals surface area contributed by atoms with Crippen LogP contribution in [0.15, 0.2) is 60.7 Å². The van der Waals surface area contributed by atoms with E-state index < -0.39 is 5.91 Å². The number of aromatic nitrogens is 2. The monoisotopic (exact) mass is 408 g/mol. The number of rotatable bonds is 5. The number of nitrogens with one attached hydrogen (secondary N) is 3. The lowest BCUT2D eigenvalue weighted by molar-refractivity contribution is -0.115. The molecule has 7 nitrogen and oxygen atoms in total. The number of aromatic amines is 1. The van der Waals surface area contributed by atoms with Gasteiger partial charge in [-0.2, -0.15) is 0 Å². The summed E-state index contributed by atoms with van der Waals surface area (Å²) in [6, 6.07) is 12.0. The lowest BCUT2D eigenvalue weighted by Crippen LogP contribution is -2.27. The van der Waals surface area contributed by atoms with E-state index in [1.165, 1.54) is 0 Å². The predicted octanol–water partition coefficient (Wildman–Crippen LogP) is 3.41. The molecule has 3 N–H and O–H groups in total. The number of amides is 2. The summed E-state index contributed by atoms with van der Waals surface area (Å²) in [4.78, 5) is 31.7. The second-order valence-electron chi connectivity index (χ2n) is 6.38. The van der Waals surface area contributed by atoms with Gasteiger partial charge >= 0.3 is 0 Å². The number of benzene rings is 2. The molecule has 2 aromatic carbocycles. The highest BCUT2D eigenvalue weighted by atomic mass is 35.5. The summed E-state index contributed by atoms with van der Waals surface area (Å²) in [6.45, 7) is 0.464. The number of imidazole rings is 1. The fourth-order valence-corrected chi connectivity index (χ4v) is 3.06. The molecule has 0 fully saturated rings. The van der Waals surface area contributed by atoms with Gasteiger partial charge in [-0.25, -0.2) is 4.98 Å². The van der Waals surface area contributed by atoms with Crippen LogP contribution < -0.4 is 15.4 Å². The van der Waals surface area contributed by atoms with Crippen molar-refractivity contribution in [2.45, 2.75) is 6.42 Å². The highest BCUT2D eigenvalue weighted by Gasteiger charge is 2.23. The molecular weight excluding hydrogens is 392 g/mol. The largest absolute Gasteiger partial charge is 0.449 e. The molecule has 0 saturated carbocycles. The van der Waals surface area contributed by atoms with Crippen molar-refractivity contribution in [3.8, 4) is 5.75 Å². The van der Waals surface area contributed by atoms with E-state index in [1.54, 1.807) is 48.9 Å². The number of anilines is 1. The van der Waals surface area contributed by atoms with Gasteiger partial charge in [0, 0.05) is 35.4 Å². The zero-order valence-corrected chi connectivity index (χ0v) is 16.0. The van der Waals surface area contributed by atoms with Crippen molar-refractivity contribution in [2.75, 3.05) is 11.9 Å². The Morgan fingerprint density at radius 3 is 2.90 bits per heavy atom. The third-order valence-electron chi connectivity index (χ3n) is 4.36. The molecule has 2 amide bonds. The third-order valence-corrected chi connectivity index (χ3v) is 4.70. The quantitative estimate of drug-likeness (QED) is 0.564. The number of carbonyl (C=O) groups is 2. The van der Waals surface area contributed by atoms with Crippen LogP contribution in [0.3, 0.4) is 0 Å². The molecule has 1 aliphatic rings. The summed E-state index contributed by atoms with van der Waals surface area (Å²) < 4.78 is 5.72. The summed E-state index contributed by atoms with van der Waals surface area (Å²) in [6.07, 6.45) is 5.53. The van der Waals surface area contributed by atoms with E-state index in [0.29, 0.717) is 40.6 Å². The summed E-state index contributed by atoms with van der Waals surface area (Å²) in [5, 5.41) is 6.11. The number of carbonyl (C=O) groups excluding carboxylic acids is 2. The van der Waals surface area contributed by atoms with Crippen LogP contribution in [-0.4, -0.2) is 28.3 Å². The zero-order valence-electron chi connectivity index (χ0n) is 15.2. The minimum atomic E-state index is -0.408. The van der Waals surface area contributed by atoms with E-state index in [1.807, 2.05) is 12.1 Å². The topological polar surface area (TPSA) is 96.1 Å². The highest BCUT2D eigenvalue weighted by molar-refractivity contribution is 6.32. The Morgan fingerprint density at radius 1 is 1.24 bits per heavy atom. The van der Waals surface area contributed by atoms with Crippen LogP contribution in [0.25, 0.3) is 6.08 Å². The van der Waals surface area contributed by atoms with Crippen LogP contribution in [0.5, 0.6) is 5.75 Å².